The second kappa shape index (κ2) is 6.64. The number of aromatic nitrogens is 3. The summed E-state index contributed by atoms with van der Waals surface area (Å²) >= 11 is 0.527. The van der Waals surface area contributed by atoms with Crippen LogP contribution in [0.5, 0.6) is 0 Å². The van der Waals surface area contributed by atoms with Gasteiger partial charge in [0, 0.05) is 6.04 Å². The summed E-state index contributed by atoms with van der Waals surface area (Å²) < 4.78 is 37.2. The van der Waals surface area contributed by atoms with E-state index in [1.54, 1.807) is 13.8 Å². The monoisotopic (exact) mass is 279 g/mol. The third-order valence-electron chi connectivity index (χ3n) is 1.59. The first-order chi connectivity index (χ1) is 6.81. The maximum absolute atomic E-state index is 12.0. The van der Waals surface area contributed by atoms with Gasteiger partial charge in [-0.1, -0.05) is 0 Å². The SMILES string of the molecule is CC(C)n1c(SC[B-](F)(F)F)n[nH]c1=O.[K+]. The van der Waals surface area contributed by atoms with E-state index in [2.05, 4.69) is 10.2 Å². The number of thioether (sulfide) groups is 1. The Morgan fingerprint density at radius 1 is 1.50 bits per heavy atom. The summed E-state index contributed by atoms with van der Waals surface area (Å²) in [5.41, 5.74) is -1.47. The molecule has 0 amide bonds. The molecule has 0 aliphatic heterocycles. The first-order valence-electron chi connectivity index (χ1n) is 4.32. The van der Waals surface area contributed by atoms with Gasteiger partial charge in [0.05, 0.1) is 0 Å². The molecule has 4 nitrogen and oxygen atoms in total. The second-order valence-electron chi connectivity index (χ2n) is 3.30. The van der Waals surface area contributed by atoms with Gasteiger partial charge in [-0.05, 0) is 19.5 Å². The Bertz CT molecular complexity index is 391. The minimum atomic E-state index is -4.86. The van der Waals surface area contributed by atoms with Gasteiger partial charge in [-0.3, -0.25) is 4.57 Å². The summed E-state index contributed by atoms with van der Waals surface area (Å²) in [5.74, 6) is 0. The van der Waals surface area contributed by atoms with Crippen LogP contribution >= 0.6 is 11.8 Å². The van der Waals surface area contributed by atoms with Gasteiger partial charge >= 0.3 is 64.1 Å². The molecular weight excluding hydrogens is 269 g/mol. The van der Waals surface area contributed by atoms with E-state index >= 15 is 0 Å². The largest absolute Gasteiger partial charge is 1.00 e. The molecular formula is C6H10BF3KN3OS. The van der Waals surface area contributed by atoms with E-state index in [1.165, 1.54) is 4.57 Å². The maximum Gasteiger partial charge on any atom is 1.00 e. The van der Waals surface area contributed by atoms with Crippen molar-refractivity contribution in [3.8, 4) is 0 Å². The van der Waals surface area contributed by atoms with Crippen LogP contribution in [0.25, 0.3) is 0 Å². The smallest absolute Gasteiger partial charge is 0.448 e. The third-order valence-corrected chi connectivity index (χ3v) is 2.68. The summed E-state index contributed by atoms with van der Waals surface area (Å²) in [6.07, 6.45) is 0. The molecule has 1 rings (SSSR count). The fourth-order valence-electron chi connectivity index (χ4n) is 1.02. The van der Waals surface area contributed by atoms with Crippen LogP contribution in [-0.2, 0) is 0 Å². The normalized spacial score (nSPS) is 11.6. The number of hydrogen-bond acceptors (Lipinski definition) is 3. The molecule has 0 saturated heterocycles. The molecule has 0 spiro atoms. The molecule has 0 bridgehead atoms. The molecule has 1 aromatic heterocycles. The minimum absolute atomic E-state index is 0. The zero-order valence-corrected chi connectivity index (χ0v) is 13.1. The molecule has 1 heterocycles. The van der Waals surface area contributed by atoms with Crippen molar-refractivity contribution < 1.29 is 64.3 Å². The molecule has 86 valence electrons. The van der Waals surface area contributed by atoms with Crippen LogP contribution in [0.2, 0.25) is 0 Å². The number of aromatic amines is 1. The van der Waals surface area contributed by atoms with Gasteiger partial charge in [-0.15, -0.1) is 16.9 Å². The molecule has 0 aliphatic carbocycles. The van der Waals surface area contributed by atoms with E-state index in [9.17, 15) is 17.7 Å². The van der Waals surface area contributed by atoms with Crippen LogP contribution < -0.4 is 57.1 Å². The molecule has 0 unspecified atom stereocenters. The Kier molecular flexibility index (Phi) is 6.97. The quantitative estimate of drug-likeness (QED) is 0.547. The number of nitrogens with one attached hydrogen (secondary N) is 1. The predicted molar refractivity (Wildman–Crippen MR) is 53.0 cm³/mol. The van der Waals surface area contributed by atoms with Gasteiger partial charge in [-0.2, -0.15) is 0 Å². The van der Waals surface area contributed by atoms with Crippen LogP contribution in [0.3, 0.4) is 0 Å². The van der Waals surface area contributed by atoms with Gasteiger partial charge in [0.2, 0.25) is 0 Å². The van der Waals surface area contributed by atoms with E-state index in [-0.39, 0.29) is 62.6 Å². The van der Waals surface area contributed by atoms with Crippen molar-refractivity contribution in [2.24, 2.45) is 0 Å². The fraction of sp³-hybridized carbons (Fsp3) is 0.667. The third kappa shape index (κ3) is 4.96. The van der Waals surface area contributed by atoms with Crippen LogP contribution in [-0.4, -0.2) is 27.4 Å². The average Bonchev–Trinajstić information content (AvgIpc) is 2.42. The van der Waals surface area contributed by atoms with Crippen molar-refractivity contribution >= 4 is 18.7 Å². The van der Waals surface area contributed by atoms with Crippen LogP contribution in [0.4, 0.5) is 12.9 Å². The number of H-pyrrole nitrogens is 1. The molecule has 1 aromatic rings. The minimum Gasteiger partial charge on any atom is -0.448 e. The molecule has 16 heavy (non-hydrogen) atoms. The van der Waals surface area contributed by atoms with Gasteiger partial charge < -0.3 is 12.9 Å². The van der Waals surface area contributed by atoms with Crippen molar-refractivity contribution in [1.29, 1.82) is 0 Å². The number of nitrogens with zero attached hydrogens (tertiary/aromatic N) is 2. The summed E-state index contributed by atoms with van der Waals surface area (Å²) in [6.45, 7) is -1.45. The molecule has 0 atom stereocenters. The summed E-state index contributed by atoms with van der Waals surface area (Å²) in [6, 6.07) is -0.209. The van der Waals surface area contributed by atoms with Crippen molar-refractivity contribution in [2.75, 3.05) is 5.65 Å². The van der Waals surface area contributed by atoms with E-state index in [4.69, 9.17) is 0 Å². The molecule has 0 saturated carbocycles. The Balaban J connectivity index is 0.00000225. The van der Waals surface area contributed by atoms with Crippen LogP contribution in [0.15, 0.2) is 9.95 Å². The zero-order valence-electron chi connectivity index (χ0n) is 9.21. The standard InChI is InChI=1S/C6H10BF3N3OS.K/c1-4(2)13-5(14)11-12-6(13)15-3-7(8,9)10;/h4H,3H2,1-2H3,(H,11,14);/q-1;+1. The zero-order chi connectivity index (χ0) is 11.6. The number of rotatable bonds is 4. The van der Waals surface area contributed by atoms with Crippen LogP contribution in [0.1, 0.15) is 19.9 Å². The second-order valence-corrected chi connectivity index (χ2v) is 4.28. The van der Waals surface area contributed by atoms with E-state index < -0.39 is 18.3 Å². The molecule has 0 aromatic carbocycles. The Morgan fingerprint density at radius 2 is 2.06 bits per heavy atom. The molecule has 0 radical (unpaired) electrons. The van der Waals surface area contributed by atoms with Crippen LogP contribution in [0, 0.1) is 0 Å². The molecule has 0 fully saturated rings. The first-order valence-corrected chi connectivity index (χ1v) is 5.30. The Morgan fingerprint density at radius 3 is 2.50 bits per heavy atom. The summed E-state index contributed by atoms with van der Waals surface area (Å²) in [7, 11) is 0. The molecule has 0 aliphatic rings. The van der Waals surface area contributed by atoms with Gasteiger partial charge in [0.25, 0.3) is 0 Å². The maximum atomic E-state index is 12.0. The summed E-state index contributed by atoms with van der Waals surface area (Å²) in [4.78, 5) is 11.2. The number of hydrogen-bond donors (Lipinski definition) is 1. The number of halogens is 3. The molecule has 1 N–H and O–H groups in total. The van der Waals surface area contributed by atoms with E-state index in [0.29, 0.717) is 11.8 Å². The summed E-state index contributed by atoms with van der Waals surface area (Å²) in [5, 5.41) is 5.75. The predicted octanol–water partition coefficient (Wildman–Crippen LogP) is -1.36. The van der Waals surface area contributed by atoms with Gasteiger partial charge in [0.15, 0.2) is 5.16 Å². The van der Waals surface area contributed by atoms with Gasteiger partial charge in [-0.25, -0.2) is 9.89 Å². The van der Waals surface area contributed by atoms with Crippen molar-refractivity contribution in [1.82, 2.24) is 14.8 Å². The first kappa shape index (κ1) is 16.8. The Hall–Kier alpha value is 0.781. The molecule has 10 heteroatoms. The van der Waals surface area contributed by atoms with E-state index in [0.717, 1.165) is 0 Å². The van der Waals surface area contributed by atoms with E-state index in [1.807, 2.05) is 0 Å². The fourth-order valence-corrected chi connectivity index (χ4v) is 1.90. The average molecular weight is 279 g/mol. The van der Waals surface area contributed by atoms with Crippen molar-refractivity contribution in [3.63, 3.8) is 0 Å². The van der Waals surface area contributed by atoms with Crippen molar-refractivity contribution in [2.45, 2.75) is 25.0 Å². The Labute approximate surface area is 137 Å². The van der Waals surface area contributed by atoms with Gasteiger partial charge in [0.1, 0.15) is 0 Å². The van der Waals surface area contributed by atoms with Crippen molar-refractivity contribution in [3.05, 3.63) is 10.5 Å². The topological polar surface area (TPSA) is 50.7 Å².